The Labute approximate surface area is 124 Å². The summed E-state index contributed by atoms with van der Waals surface area (Å²) in [7, 11) is 0. The predicted molar refractivity (Wildman–Crippen MR) is 82.4 cm³/mol. The lowest BCUT2D eigenvalue weighted by atomic mass is 9.67. The molecule has 0 aliphatic heterocycles. The summed E-state index contributed by atoms with van der Waals surface area (Å²) in [6.45, 7) is 9.87. The van der Waals surface area contributed by atoms with Gasteiger partial charge in [-0.05, 0) is 30.6 Å². The molecule has 0 aromatic heterocycles. The highest BCUT2D eigenvalue weighted by Gasteiger charge is 2.37. The van der Waals surface area contributed by atoms with Crippen LogP contribution in [0, 0.1) is 29.1 Å². The van der Waals surface area contributed by atoms with Crippen LogP contribution >= 0.6 is 0 Å². The minimum absolute atomic E-state index is 0.0376. The number of carbonyl (C=O) groups excluding carboxylic acids is 1. The molecule has 0 heterocycles. The normalized spacial score (nSPS) is 24.2. The molecule has 0 amide bonds. The van der Waals surface area contributed by atoms with Crippen molar-refractivity contribution in [2.45, 2.75) is 72.6 Å². The summed E-state index contributed by atoms with van der Waals surface area (Å²) in [6, 6.07) is 0. The fourth-order valence-corrected chi connectivity index (χ4v) is 3.61. The maximum atomic E-state index is 11.7. The Hall–Kier alpha value is -0.530. The molecule has 2 heteroatoms. The molecule has 20 heavy (non-hydrogen) atoms. The highest BCUT2D eigenvalue weighted by atomic mass is 16.5. The molecule has 0 unspecified atom stereocenters. The van der Waals surface area contributed by atoms with Gasteiger partial charge in [0.15, 0.2) is 0 Å². The van der Waals surface area contributed by atoms with E-state index < -0.39 is 0 Å². The largest absolute Gasteiger partial charge is 0.465 e. The zero-order chi connectivity index (χ0) is 14.8. The van der Waals surface area contributed by atoms with Crippen molar-refractivity contribution in [1.29, 1.82) is 0 Å². The van der Waals surface area contributed by atoms with Gasteiger partial charge in [0.05, 0.1) is 12.5 Å². The number of carbonyl (C=O) groups is 1. The second kappa shape index (κ2) is 6.49. The molecule has 2 aliphatic carbocycles. The minimum atomic E-state index is 0.0376. The lowest BCUT2D eigenvalue weighted by molar-refractivity contribution is -0.149. The van der Waals surface area contributed by atoms with Crippen molar-refractivity contribution < 1.29 is 9.53 Å². The van der Waals surface area contributed by atoms with Gasteiger partial charge in [-0.3, -0.25) is 4.79 Å². The number of rotatable bonds is 6. The van der Waals surface area contributed by atoms with Gasteiger partial charge in [-0.1, -0.05) is 59.8 Å². The summed E-state index contributed by atoms with van der Waals surface area (Å²) in [5.41, 5.74) is 0.0847. The van der Waals surface area contributed by atoms with Crippen LogP contribution in [0.1, 0.15) is 72.6 Å². The minimum Gasteiger partial charge on any atom is -0.465 e. The third kappa shape index (κ3) is 3.99. The van der Waals surface area contributed by atoms with Gasteiger partial charge in [-0.2, -0.15) is 0 Å². The van der Waals surface area contributed by atoms with E-state index in [2.05, 4.69) is 27.7 Å². The van der Waals surface area contributed by atoms with Crippen molar-refractivity contribution in [2.24, 2.45) is 29.1 Å². The topological polar surface area (TPSA) is 26.3 Å². The molecule has 2 fully saturated rings. The molecule has 0 N–H and O–H groups in total. The zero-order valence-corrected chi connectivity index (χ0v) is 13.8. The number of ether oxygens (including phenoxy) is 1. The molecule has 0 spiro atoms. The van der Waals surface area contributed by atoms with E-state index >= 15 is 0 Å². The maximum Gasteiger partial charge on any atom is 0.308 e. The van der Waals surface area contributed by atoms with E-state index in [4.69, 9.17) is 4.74 Å². The molecular weight excluding hydrogens is 248 g/mol. The fourth-order valence-electron chi connectivity index (χ4n) is 3.61. The van der Waals surface area contributed by atoms with Crippen LogP contribution in [0.3, 0.4) is 0 Å². The second-order valence-electron chi connectivity index (χ2n) is 7.92. The summed E-state index contributed by atoms with van der Waals surface area (Å²) in [6.07, 6.45) is 9.07. The maximum absolute atomic E-state index is 11.7. The Balaban J connectivity index is 1.83. The van der Waals surface area contributed by atoms with Crippen LogP contribution in [0.5, 0.6) is 0 Å². The molecule has 0 radical (unpaired) electrons. The van der Waals surface area contributed by atoms with Crippen molar-refractivity contribution in [3.63, 3.8) is 0 Å². The smallest absolute Gasteiger partial charge is 0.308 e. The van der Waals surface area contributed by atoms with Gasteiger partial charge in [0.2, 0.25) is 0 Å². The lowest BCUT2D eigenvalue weighted by Gasteiger charge is -2.40. The average molecular weight is 280 g/mol. The van der Waals surface area contributed by atoms with E-state index in [0.29, 0.717) is 12.5 Å². The van der Waals surface area contributed by atoms with Crippen LogP contribution in [0.15, 0.2) is 0 Å². The Bertz CT molecular complexity index is 324. The Morgan fingerprint density at radius 2 is 1.70 bits per heavy atom. The molecule has 0 bridgehead atoms. The van der Waals surface area contributed by atoms with Gasteiger partial charge in [-0.15, -0.1) is 0 Å². The van der Waals surface area contributed by atoms with Gasteiger partial charge in [0.1, 0.15) is 0 Å². The lowest BCUT2D eigenvalue weighted by Crippen LogP contribution is -2.36. The van der Waals surface area contributed by atoms with Gasteiger partial charge >= 0.3 is 5.97 Å². The number of hydrogen-bond donors (Lipinski definition) is 0. The van der Waals surface area contributed by atoms with E-state index in [1.165, 1.54) is 32.1 Å². The van der Waals surface area contributed by atoms with E-state index in [0.717, 1.165) is 24.7 Å². The van der Waals surface area contributed by atoms with Gasteiger partial charge in [-0.25, -0.2) is 0 Å². The standard InChI is InChI=1S/C18H32O2/c1-13(15-8-6-5-7-9-15)14(2)18(3,4)12-20-17(19)16-10-11-16/h13-16H,5-12H2,1-4H3/t13-,14+/m1/s1. The van der Waals surface area contributed by atoms with E-state index in [9.17, 15) is 4.79 Å². The van der Waals surface area contributed by atoms with E-state index in [1.807, 2.05) is 0 Å². The van der Waals surface area contributed by atoms with Gasteiger partial charge in [0.25, 0.3) is 0 Å². The predicted octanol–water partition coefficient (Wildman–Crippen LogP) is 4.82. The van der Waals surface area contributed by atoms with Crippen LogP contribution < -0.4 is 0 Å². The van der Waals surface area contributed by atoms with Gasteiger partial charge < -0.3 is 4.74 Å². The molecule has 2 aliphatic rings. The van der Waals surface area contributed by atoms with Crippen molar-refractivity contribution in [3.05, 3.63) is 0 Å². The first-order valence-electron chi connectivity index (χ1n) is 8.58. The third-order valence-corrected chi connectivity index (χ3v) is 5.91. The Kier molecular flexibility index (Phi) is 5.14. The van der Waals surface area contributed by atoms with Crippen LogP contribution in [0.2, 0.25) is 0 Å². The molecule has 0 aromatic carbocycles. The van der Waals surface area contributed by atoms with Crippen molar-refractivity contribution >= 4 is 5.97 Å². The highest BCUT2D eigenvalue weighted by Crippen LogP contribution is 2.41. The highest BCUT2D eigenvalue weighted by molar-refractivity contribution is 5.74. The van der Waals surface area contributed by atoms with Crippen LogP contribution in [0.25, 0.3) is 0 Å². The average Bonchev–Trinajstić information content (AvgIpc) is 3.28. The molecule has 0 saturated heterocycles. The monoisotopic (exact) mass is 280 g/mol. The molecule has 2 atom stereocenters. The molecular formula is C18H32O2. The molecule has 0 aromatic rings. The number of esters is 1. The second-order valence-corrected chi connectivity index (χ2v) is 7.92. The van der Waals surface area contributed by atoms with Crippen molar-refractivity contribution in [1.82, 2.24) is 0 Å². The van der Waals surface area contributed by atoms with E-state index in [-0.39, 0.29) is 17.3 Å². The Morgan fingerprint density at radius 3 is 2.25 bits per heavy atom. The first-order chi connectivity index (χ1) is 9.42. The summed E-state index contributed by atoms with van der Waals surface area (Å²) in [5, 5.41) is 0. The fraction of sp³-hybridized carbons (Fsp3) is 0.944. The van der Waals surface area contributed by atoms with E-state index in [1.54, 1.807) is 0 Å². The summed E-state index contributed by atoms with van der Waals surface area (Å²) in [4.78, 5) is 11.7. The molecule has 116 valence electrons. The first kappa shape index (κ1) is 15.9. The first-order valence-corrected chi connectivity index (χ1v) is 8.58. The summed E-state index contributed by atoms with van der Waals surface area (Å²) >= 11 is 0. The molecule has 2 saturated carbocycles. The summed E-state index contributed by atoms with van der Waals surface area (Å²) < 4.78 is 5.55. The third-order valence-electron chi connectivity index (χ3n) is 5.91. The van der Waals surface area contributed by atoms with Crippen molar-refractivity contribution in [3.8, 4) is 0 Å². The van der Waals surface area contributed by atoms with Crippen LogP contribution in [0.4, 0.5) is 0 Å². The number of hydrogen-bond acceptors (Lipinski definition) is 2. The SMILES string of the molecule is C[C@@H](C1CCCCC1)[C@H](C)C(C)(C)COC(=O)C1CC1. The van der Waals surface area contributed by atoms with Crippen LogP contribution in [-0.2, 0) is 9.53 Å². The molecule has 2 rings (SSSR count). The van der Waals surface area contributed by atoms with Crippen molar-refractivity contribution in [2.75, 3.05) is 6.61 Å². The zero-order valence-electron chi connectivity index (χ0n) is 13.8. The quantitative estimate of drug-likeness (QED) is 0.652. The Morgan fingerprint density at radius 1 is 1.10 bits per heavy atom. The van der Waals surface area contributed by atoms with Gasteiger partial charge in [0, 0.05) is 5.41 Å². The molecule has 2 nitrogen and oxygen atoms in total. The van der Waals surface area contributed by atoms with Crippen LogP contribution in [-0.4, -0.2) is 12.6 Å². The summed E-state index contributed by atoms with van der Waals surface area (Å²) in [5.74, 6) is 2.45.